The minimum atomic E-state index is 0.0396. The molecule has 0 radical (unpaired) electrons. The highest BCUT2D eigenvalue weighted by atomic mass is 32.1. The number of carbonyl (C=O) groups excluding carboxylic acids is 1. The standard InChI is InChI=1S/C12H18N2OS/c1-13(2)7-8-14(3)12(15)10-5-4-6-11(16)9-10/h4-6,9,16H,7-8H2,1-3H3. The van der Waals surface area contributed by atoms with E-state index in [2.05, 4.69) is 17.5 Å². The van der Waals surface area contributed by atoms with E-state index in [1.165, 1.54) is 0 Å². The molecular weight excluding hydrogens is 220 g/mol. The number of thiol groups is 1. The summed E-state index contributed by atoms with van der Waals surface area (Å²) >= 11 is 4.22. The van der Waals surface area contributed by atoms with Crippen molar-refractivity contribution in [3.05, 3.63) is 29.8 Å². The lowest BCUT2D eigenvalue weighted by Gasteiger charge is -2.19. The van der Waals surface area contributed by atoms with Crippen LogP contribution in [-0.2, 0) is 0 Å². The van der Waals surface area contributed by atoms with Crippen LogP contribution in [0.5, 0.6) is 0 Å². The van der Waals surface area contributed by atoms with E-state index in [-0.39, 0.29) is 5.91 Å². The van der Waals surface area contributed by atoms with Gasteiger partial charge in [-0.15, -0.1) is 12.6 Å². The maximum atomic E-state index is 12.0. The summed E-state index contributed by atoms with van der Waals surface area (Å²) in [7, 11) is 5.80. The van der Waals surface area contributed by atoms with E-state index >= 15 is 0 Å². The fourth-order valence-electron chi connectivity index (χ4n) is 1.31. The Labute approximate surface area is 102 Å². The second-order valence-electron chi connectivity index (χ2n) is 4.08. The zero-order valence-electron chi connectivity index (χ0n) is 9.97. The minimum absolute atomic E-state index is 0.0396. The Bertz CT molecular complexity index is 366. The fourth-order valence-corrected chi connectivity index (χ4v) is 1.54. The van der Waals surface area contributed by atoms with Gasteiger partial charge >= 0.3 is 0 Å². The molecule has 1 aromatic carbocycles. The molecule has 0 saturated carbocycles. The third-order valence-corrected chi connectivity index (χ3v) is 2.60. The van der Waals surface area contributed by atoms with Crippen molar-refractivity contribution in [3.8, 4) is 0 Å². The molecule has 0 saturated heterocycles. The second kappa shape index (κ2) is 5.92. The molecule has 0 heterocycles. The third kappa shape index (κ3) is 3.87. The van der Waals surface area contributed by atoms with E-state index in [0.29, 0.717) is 5.56 Å². The number of carbonyl (C=O) groups is 1. The van der Waals surface area contributed by atoms with Gasteiger partial charge in [0.25, 0.3) is 5.91 Å². The monoisotopic (exact) mass is 238 g/mol. The van der Waals surface area contributed by atoms with Crippen LogP contribution in [0.3, 0.4) is 0 Å². The first-order chi connectivity index (χ1) is 7.50. The van der Waals surface area contributed by atoms with Crippen molar-refractivity contribution in [2.75, 3.05) is 34.2 Å². The number of benzene rings is 1. The van der Waals surface area contributed by atoms with Crippen molar-refractivity contribution in [2.45, 2.75) is 4.90 Å². The van der Waals surface area contributed by atoms with Crippen LogP contribution in [0.4, 0.5) is 0 Å². The predicted molar refractivity (Wildman–Crippen MR) is 69.2 cm³/mol. The van der Waals surface area contributed by atoms with Gasteiger partial charge in [-0.05, 0) is 32.3 Å². The fraction of sp³-hybridized carbons (Fsp3) is 0.417. The second-order valence-corrected chi connectivity index (χ2v) is 4.60. The molecule has 0 spiro atoms. The number of likely N-dealkylation sites (N-methyl/N-ethyl adjacent to an activating group) is 2. The molecule has 1 amide bonds. The normalized spacial score (nSPS) is 10.6. The van der Waals surface area contributed by atoms with Gasteiger partial charge in [0.1, 0.15) is 0 Å². The van der Waals surface area contributed by atoms with Gasteiger partial charge in [0.15, 0.2) is 0 Å². The van der Waals surface area contributed by atoms with Crippen LogP contribution in [0.15, 0.2) is 29.2 Å². The Morgan fingerprint density at radius 2 is 1.94 bits per heavy atom. The summed E-state index contributed by atoms with van der Waals surface area (Å²) in [5.74, 6) is 0.0396. The Kier molecular flexibility index (Phi) is 4.83. The first kappa shape index (κ1) is 13.1. The van der Waals surface area contributed by atoms with Crippen LogP contribution in [0.25, 0.3) is 0 Å². The van der Waals surface area contributed by atoms with Gasteiger partial charge in [-0.25, -0.2) is 0 Å². The topological polar surface area (TPSA) is 23.6 Å². The molecule has 0 aliphatic rings. The van der Waals surface area contributed by atoms with Gasteiger partial charge in [0.05, 0.1) is 0 Å². The summed E-state index contributed by atoms with van der Waals surface area (Å²) in [5, 5.41) is 0. The van der Waals surface area contributed by atoms with Crippen LogP contribution in [0.2, 0.25) is 0 Å². The molecule has 88 valence electrons. The molecular formula is C12H18N2OS. The van der Waals surface area contributed by atoms with E-state index in [9.17, 15) is 4.79 Å². The Hall–Kier alpha value is -1.00. The molecule has 0 aliphatic carbocycles. The Morgan fingerprint density at radius 3 is 2.50 bits per heavy atom. The Balaban J connectivity index is 2.63. The number of nitrogens with zero attached hydrogens (tertiary/aromatic N) is 2. The first-order valence-corrected chi connectivity index (χ1v) is 5.64. The molecule has 0 aliphatic heterocycles. The quantitative estimate of drug-likeness (QED) is 0.806. The number of rotatable bonds is 4. The zero-order valence-corrected chi connectivity index (χ0v) is 10.9. The highest BCUT2D eigenvalue weighted by Gasteiger charge is 2.11. The molecule has 3 nitrogen and oxygen atoms in total. The van der Waals surface area contributed by atoms with Gasteiger partial charge in [0.2, 0.25) is 0 Å². The largest absolute Gasteiger partial charge is 0.340 e. The number of hydrogen-bond acceptors (Lipinski definition) is 3. The van der Waals surface area contributed by atoms with Crippen LogP contribution in [0.1, 0.15) is 10.4 Å². The Morgan fingerprint density at radius 1 is 1.25 bits per heavy atom. The molecule has 0 atom stereocenters. The van der Waals surface area contributed by atoms with E-state index in [0.717, 1.165) is 18.0 Å². The van der Waals surface area contributed by atoms with Crippen molar-refractivity contribution in [3.63, 3.8) is 0 Å². The van der Waals surface area contributed by atoms with Crippen molar-refractivity contribution in [1.82, 2.24) is 9.80 Å². The minimum Gasteiger partial charge on any atom is -0.340 e. The summed E-state index contributed by atoms with van der Waals surface area (Å²) < 4.78 is 0. The van der Waals surface area contributed by atoms with Crippen molar-refractivity contribution >= 4 is 18.5 Å². The lowest BCUT2D eigenvalue weighted by Crippen LogP contribution is -2.33. The van der Waals surface area contributed by atoms with Crippen molar-refractivity contribution in [2.24, 2.45) is 0 Å². The molecule has 1 rings (SSSR count). The van der Waals surface area contributed by atoms with Crippen LogP contribution >= 0.6 is 12.6 Å². The van der Waals surface area contributed by atoms with Gasteiger partial charge in [-0.2, -0.15) is 0 Å². The van der Waals surface area contributed by atoms with E-state index < -0.39 is 0 Å². The molecule has 16 heavy (non-hydrogen) atoms. The van der Waals surface area contributed by atoms with Gasteiger partial charge in [-0.3, -0.25) is 4.79 Å². The average Bonchev–Trinajstić information content (AvgIpc) is 2.24. The summed E-state index contributed by atoms with van der Waals surface area (Å²) in [4.78, 5) is 16.6. The van der Waals surface area contributed by atoms with Crippen LogP contribution in [0, 0.1) is 0 Å². The smallest absolute Gasteiger partial charge is 0.253 e. The van der Waals surface area contributed by atoms with E-state index in [1.807, 2.05) is 39.3 Å². The third-order valence-electron chi connectivity index (χ3n) is 2.32. The first-order valence-electron chi connectivity index (χ1n) is 5.20. The molecule has 0 bridgehead atoms. The lowest BCUT2D eigenvalue weighted by atomic mass is 10.2. The molecule has 0 N–H and O–H groups in total. The molecule has 1 aromatic rings. The van der Waals surface area contributed by atoms with Crippen LogP contribution in [-0.4, -0.2) is 49.9 Å². The summed E-state index contributed by atoms with van der Waals surface area (Å²) in [5.41, 5.74) is 0.689. The number of hydrogen-bond donors (Lipinski definition) is 1. The highest BCUT2D eigenvalue weighted by Crippen LogP contribution is 2.10. The molecule has 0 unspecified atom stereocenters. The van der Waals surface area contributed by atoms with Crippen molar-refractivity contribution in [1.29, 1.82) is 0 Å². The maximum absolute atomic E-state index is 12.0. The van der Waals surface area contributed by atoms with E-state index in [1.54, 1.807) is 11.0 Å². The summed E-state index contributed by atoms with van der Waals surface area (Å²) in [6.45, 7) is 1.59. The van der Waals surface area contributed by atoms with Gasteiger partial charge in [0, 0.05) is 30.6 Å². The predicted octanol–water partition coefficient (Wildman–Crippen LogP) is 1.61. The summed E-state index contributed by atoms with van der Waals surface area (Å²) in [6.07, 6.45) is 0. The molecule has 0 aromatic heterocycles. The molecule has 4 heteroatoms. The summed E-state index contributed by atoms with van der Waals surface area (Å²) in [6, 6.07) is 7.31. The number of amides is 1. The van der Waals surface area contributed by atoms with Crippen molar-refractivity contribution < 1.29 is 4.79 Å². The van der Waals surface area contributed by atoms with E-state index in [4.69, 9.17) is 0 Å². The average molecular weight is 238 g/mol. The van der Waals surface area contributed by atoms with Crippen LogP contribution < -0.4 is 0 Å². The zero-order chi connectivity index (χ0) is 12.1. The van der Waals surface area contributed by atoms with Gasteiger partial charge in [-0.1, -0.05) is 6.07 Å². The molecule has 0 fully saturated rings. The SMILES string of the molecule is CN(C)CCN(C)C(=O)c1cccc(S)c1. The maximum Gasteiger partial charge on any atom is 0.253 e. The lowest BCUT2D eigenvalue weighted by molar-refractivity contribution is 0.0786. The highest BCUT2D eigenvalue weighted by molar-refractivity contribution is 7.80. The van der Waals surface area contributed by atoms with Gasteiger partial charge < -0.3 is 9.80 Å².